The summed E-state index contributed by atoms with van der Waals surface area (Å²) in [5.41, 5.74) is 4.26. The van der Waals surface area contributed by atoms with Crippen LogP contribution in [0.15, 0.2) is 48.5 Å². The van der Waals surface area contributed by atoms with Crippen LogP contribution in [0.25, 0.3) is 0 Å². The van der Waals surface area contributed by atoms with Gasteiger partial charge in [0, 0.05) is 18.2 Å². The molecule has 1 fully saturated rings. The standard InChI is InChI=1S/C22H24N2O2/c25-21(17-11-12-17)24-18-8-3-5-15(13-18)14-23-22(26)20-10-4-7-16-6-1-2-9-19(16)20/h1-3,5-6,8-9,13,17,20H,4,7,10-12,14H2,(H,23,26)(H,24,25). The summed E-state index contributed by atoms with van der Waals surface area (Å²) in [6.45, 7) is 0.477. The normalized spacial score (nSPS) is 18.7. The van der Waals surface area contributed by atoms with Crippen molar-refractivity contribution < 1.29 is 9.59 Å². The quantitative estimate of drug-likeness (QED) is 0.864. The first kappa shape index (κ1) is 16.8. The molecule has 0 aromatic heterocycles. The number of amides is 2. The summed E-state index contributed by atoms with van der Waals surface area (Å²) >= 11 is 0. The highest BCUT2D eigenvalue weighted by atomic mass is 16.2. The van der Waals surface area contributed by atoms with Crippen LogP contribution in [-0.4, -0.2) is 11.8 Å². The Hall–Kier alpha value is -2.62. The highest BCUT2D eigenvalue weighted by Gasteiger charge is 2.29. The molecule has 4 nitrogen and oxygen atoms in total. The molecule has 2 aromatic rings. The summed E-state index contributed by atoms with van der Waals surface area (Å²) in [5, 5.41) is 6.03. The monoisotopic (exact) mass is 348 g/mol. The van der Waals surface area contributed by atoms with E-state index >= 15 is 0 Å². The van der Waals surface area contributed by atoms with E-state index in [1.54, 1.807) is 0 Å². The van der Waals surface area contributed by atoms with E-state index in [1.165, 1.54) is 11.1 Å². The minimum absolute atomic E-state index is 0.0577. The Labute approximate surface area is 154 Å². The second kappa shape index (κ2) is 7.32. The molecule has 0 bridgehead atoms. The van der Waals surface area contributed by atoms with Crippen molar-refractivity contribution in [3.63, 3.8) is 0 Å². The Morgan fingerprint density at radius 2 is 1.81 bits per heavy atom. The molecule has 1 saturated carbocycles. The van der Waals surface area contributed by atoms with Crippen LogP contribution in [0.5, 0.6) is 0 Å². The van der Waals surface area contributed by atoms with Crippen LogP contribution in [0.1, 0.15) is 48.3 Å². The first-order chi connectivity index (χ1) is 12.7. The maximum atomic E-state index is 12.7. The zero-order chi connectivity index (χ0) is 17.9. The zero-order valence-corrected chi connectivity index (χ0v) is 14.8. The smallest absolute Gasteiger partial charge is 0.227 e. The largest absolute Gasteiger partial charge is 0.351 e. The molecule has 0 radical (unpaired) electrons. The summed E-state index contributed by atoms with van der Waals surface area (Å²) < 4.78 is 0. The lowest BCUT2D eigenvalue weighted by Gasteiger charge is -2.24. The van der Waals surface area contributed by atoms with Crippen molar-refractivity contribution in [2.45, 2.75) is 44.6 Å². The van der Waals surface area contributed by atoms with E-state index in [0.29, 0.717) is 6.54 Å². The van der Waals surface area contributed by atoms with E-state index in [2.05, 4.69) is 22.8 Å². The number of rotatable bonds is 5. The first-order valence-electron chi connectivity index (χ1n) is 9.46. The van der Waals surface area contributed by atoms with Gasteiger partial charge in [0.15, 0.2) is 0 Å². The van der Waals surface area contributed by atoms with Crippen LogP contribution in [0, 0.1) is 5.92 Å². The van der Waals surface area contributed by atoms with Gasteiger partial charge in [-0.2, -0.15) is 0 Å². The summed E-state index contributed by atoms with van der Waals surface area (Å²) in [5.74, 6) is 0.317. The summed E-state index contributed by atoms with van der Waals surface area (Å²) in [7, 11) is 0. The van der Waals surface area contributed by atoms with Crippen LogP contribution < -0.4 is 10.6 Å². The molecule has 134 valence electrons. The number of carbonyl (C=O) groups is 2. The second-order valence-corrected chi connectivity index (χ2v) is 7.33. The van der Waals surface area contributed by atoms with E-state index < -0.39 is 0 Å². The molecule has 26 heavy (non-hydrogen) atoms. The predicted octanol–water partition coefficient (Wildman–Crippen LogP) is 3.77. The lowest BCUT2D eigenvalue weighted by molar-refractivity contribution is -0.123. The van der Waals surface area contributed by atoms with Crippen molar-refractivity contribution >= 4 is 17.5 Å². The minimum Gasteiger partial charge on any atom is -0.351 e. The van der Waals surface area contributed by atoms with Crippen molar-refractivity contribution in [2.24, 2.45) is 5.92 Å². The minimum atomic E-state index is -0.0577. The molecular weight excluding hydrogens is 324 g/mol. The molecule has 0 spiro atoms. The predicted molar refractivity (Wildman–Crippen MR) is 102 cm³/mol. The Morgan fingerprint density at radius 1 is 0.962 bits per heavy atom. The van der Waals surface area contributed by atoms with E-state index in [-0.39, 0.29) is 23.7 Å². The maximum Gasteiger partial charge on any atom is 0.227 e. The molecule has 2 aromatic carbocycles. The average Bonchev–Trinajstić information content (AvgIpc) is 3.51. The van der Waals surface area contributed by atoms with Gasteiger partial charge >= 0.3 is 0 Å². The number of anilines is 1. The zero-order valence-electron chi connectivity index (χ0n) is 14.8. The number of fused-ring (bicyclic) bond motifs is 1. The number of carbonyl (C=O) groups excluding carboxylic acids is 2. The highest BCUT2D eigenvalue weighted by molar-refractivity contribution is 5.94. The topological polar surface area (TPSA) is 58.2 Å². The molecule has 0 saturated heterocycles. The van der Waals surface area contributed by atoms with E-state index in [0.717, 1.165) is 43.4 Å². The molecule has 2 aliphatic carbocycles. The fraction of sp³-hybridized carbons (Fsp3) is 0.364. The Morgan fingerprint density at radius 3 is 2.65 bits per heavy atom. The third-order valence-corrected chi connectivity index (χ3v) is 5.30. The van der Waals surface area contributed by atoms with Crippen molar-refractivity contribution in [2.75, 3.05) is 5.32 Å². The van der Waals surface area contributed by atoms with Crippen LogP contribution in [0.3, 0.4) is 0 Å². The van der Waals surface area contributed by atoms with Gasteiger partial charge in [-0.1, -0.05) is 36.4 Å². The molecular formula is C22H24N2O2. The molecule has 2 N–H and O–H groups in total. The number of aryl methyl sites for hydroxylation is 1. The lowest BCUT2D eigenvalue weighted by atomic mass is 9.82. The molecule has 4 rings (SSSR count). The molecule has 2 amide bonds. The average molecular weight is 348 g/mol. The third kappa shape index (κ3) is 3.79. The highest BCUT2D eigenvalue weighted by Crippen LogP contribution is 2.32. The maximum absolute atomic E-state index is 12.7. The molecule has 4 heteroatoms. The first-order valence-corrected chi connectivity index (χ1v) is 9.46. The van der Waals surface area contributed by atoms with Gasteiger partial charge < -0.3 is 10.6 Å². The van der Waals surface area contributed by atoms with Gasteiger partial charge in [-0.15, -0.1) is 0 Å². The second-order valence-electron chi connectivity index (χ2n) is 7.33. The number of hydrogen-bond donors (Lipinski definition) is 2. The number of nitrogens with one attached hydrogen (secondary N) is 2. The summed E-state index contributed by atoms with van der Waals surface area (Å²) in [6, 6.07) is 16.0. The van der Waals surface area contributed by atoms with E-state index in [1.807, 2.05) is 36.4 Å². The molecule has 0 aliphatic heterocycles. The van der Waals surface area contributed by atoms with Crippen molar-refractivity contribution in [3.05, 3.63) is 65.2 Å². The van der Waals surface area contributed by atoms with Gasteiger partial charge in [-0.25, -0.2) is 0 Å². The molecule has 0 heterocycles. The van der Waals surface area contributed by atoms with Crippen molar-refractivity contribution in [1.29, 1.82) is 0 Å². The van der Waals surface area contributed by atoms with Gasteiger partial charge in [0.25, 0.3) is 0 Å². The fourth-order valence-corrected chi connectivity index (χ4v) is 3.69. The summed E-state index contributed by atoms with van der Waals surface area (Å²) in [6.07, 6.45) is 5.00. The van der Waals surface area contributed by atoms with E-state index in [9.17, 15) is 9.59 Å². The Balaban J connectivity index is 1.38. The Bertz CT molecular complexity index is 826. The van der Waals surface area contributed by atoms with Crippen molar-refractivity contribution in [1.82, 2.24) is 5.32 Å². The van der Waals surface area contributed by atoms with Gasteiger partial charge in [0.2, 0.25) is 11.8 Å². The van der Waals surface area contributed by atoms with E-state index in [4.69, 9.17) is 0 Å². The number of benzene rings is 2. The van der Waals surface area contributed by atoms with Gasteiger partial charge in [-0.3, -0.25) is 9.59 Å². The van der Waals surface area contributed by atoms with Gasteiger partial charge in [0.1, 0.15) is 0 Å². The summed E-state index contributed by atoms with van der Waals surface area (Å²) in [4.78, 5) is 24.6. The SMILES string of the molecule is O=C(Nc1cccc(CNC(=O)C2CCCc3ccccc32)c1)C1CC1. The Kier molecular flexibility index (Phi) is 4.74. The van der Waals surface area contributed by atoms with Crippen LogP contribution in [0.4, 0.5) is 5.69 Å². The van der Waals surface area contributed by atoms with Gasteiger partial charge in [0.05, 0.1) is 5.92 Å². The molecule has 1 atom stereocenters. The fourth-order valence-electron chi connectivity index (χ4n) is 3.69. The van der Waals surface area contributed by atoms with Crippen molar-refractivity contribution in [3.8, 4) is 0 Å². The third-order valence-electron chi connectivity index (χ3n) is 5.30. The van der Waals surface area contributed by atoms with Crippen LogP contribution >= 0.6 is 0 Å². The number of hydrogen-bond acceptors (Lipinski definition) is 2. The van der Waals surface area contributed by atoms with Gasteiger partial charge in [-0.05, 0) is 60.9 Å². The molecule has 1 unspecified atom stereocenters. The van der Waals surface area contributed by atoms with Crippen LogP contribution in [0.2, 0.25) is 0 Å². The van der Waals surface area contributed by atoms with Crippen LogP contribution in [-0.2, 0) is 22.6 Å². The lowest BCUT2D eigenvalue weighted by Crippen LogP contribution is -2.31. The molecule has 2 aliphatic rings.